The zero-order chi connectivity index (χ0) is 22.0. The van der Waals surface area contributed by atoms with E-state index in [1.54, 1.807) is 18.2 Å². The normalized spacial score (nSPS) is 14.5. The van der Waals surface area contributed by atoms with Crippen molar-refractivity contribution in [1.29, 1.82) is 0 Å². The van der Waals surface area contributed by atoms with E-state index in [0.29, 0.717) is 10.6 Å². The van der Waals surface area contributed by atoms with E-state index in [4.69, 9.17) is 16.3 Å². The molecule has 0 aliphatic heterocycles. The smallest absolute Gasteiger partial charge is 0.407 e. The number of halogens is 1. The number of carbonyl (C=O) groups excluding carboxylic acids is 1. The largest absolute Gasteiger partial charge is 0.449 e. The minimum Gasteiger partial charge on any atom is -0.449 e. The highest BCUT2D eigenvalue weighted by atomic mass is 35.5. The number of hydrogen-bond donors (Lipinski definition) is 3. The van der Waals surface area contributed by atoms with Gasteiger partial charge in [0.05, 0.1) is 0 Å². The van der Waals surface area contributed by atoms with Crippen LogP contribution in [-0.2, 0) is 4.74 Å². The van der Waals surface area contributed by atoms with Gasteiger partial charge in [0.2, 0.25) is 0 Å². The number of ether oxygens (including phenoxy) is 1. The predicted molar refractivity (Wildman–Crippen MR) is 120 cm³/mol. The Morgan fingerprint density at radius 3 is 2.26 bits per heavy atom. The van der Waals surface area contributed by atoms with Crippen LogP contribution < -0.4 is 5.32 Å². The number of rotatable bonds is 6. The Kier molecular flexibility index (Phi) is 6.28. The van der Waals surface area contributed by atoms with E-state index < -0.39 is 18.3 Å². The number of carbonyl (C=O) groups is 1. The second-order valence-electron chi connectivity index (χ2n) is 7.74. The second kappa shape index (κ2) is 9.10. The molecule has 31 heavy (non-hydrogen) atoms. The van der Waals surface area contributed by atoms with Crippen LogP contribution in [0.2, 0.25) is 5.02 Å². The van der Waals surface area contributed by atoms with Gasteiger partial charge >= 0.3 is 6.09 Å². The number of fused-ring (bicyclic) bond motifs is 3. The van der Waals surface area contributed by atoms with Crippen LogP contribution in [0.15, 0.2) is 66.7 Å². The molecule has 1 aliphatic carbocycles. The van der Waals surface area contributed by atoms with E-state index in [-0.39, 0.29) is 19.1 Å². The van der Waals surface area contributed by atoms with Crippen LogP contribution in [-0.4, -0.2) is 35.6 Å². The summed E-state index contributed by atoms with van der Waals surface area (Å²) < 4.78 is 5.45. The Hall–Kier alpha value is -2.86. The van der Waals surface area contributed by atoms with Crippen molar-refractivity contribution in [1.82, 2.24) is 5.32 Å². The molecule has 2 atom stereocenters. The third-order valence-electron chi connectivity index (χ3n) is 5.64. The zero-order valence-corrected chi connectivity index (χ0v) is 17.8. The lowest BCUT2D eigenvalue weighted by atomic mass is 9.98. The molecule has 5 nitrogen and oxygen atoms in total. The molecule has 0 aromatic heterocycles. The first-order valence-electron chi connectivity index (χ1n) is 10.2. The molecule has 6 heteroatoms. The number of alkyl carbamates (subject to hydrolysis) is 1. The number of aliphatic hydroxyl groups is 2. The molecule has 1 amide bonds. The fourth-order valence-corrected chi connectivity index (χ4v) is 4.38. The van der Waals surface area contributed by atoms with Crippen LogP contribution >= 0.6 is 11.6 Å². The van der Waals surface area contributed by atoms with E-state index in [2.05, 4.69) is 17.4 Å². The number of nitrogens with one attached hydrogen (secondary N) is 1. The standard InChI is InChI=1S/C25H24ClNO4/c1-15-10-11-20(22(26)12-15)24(29)23(28)13-27-25(30)31-14-21-18-8-4-2-6-16(18)17-7-3-5-9-19(17)21/h2-12,21,23-24,28-29H,13-14H2,1H3,(H,27,30). The van der Waals surface area contributed by atoms with Gasteiger partial charge in [-0.05, 0) is 40.8 Å². The van der Waals surface area contributed by atoms with E-state index in [9.17, 15) is 15.0 Å². The van der Waals surface area contributed by atoms with Crippen LogP contribution in [0.3, 0.4) is 0 Å². The topological polar surface area (TPSA) is 78.8 Å². The highest BCUT2D eigenvalue weighted by Gasteiger charge is 2.29. The minimum absolute atomic E-state index is 0.0416. The summed E-state index contributed by atoms with van der Waals surface area (Å²) in [5.41, 5.74) is 5.92. The molecule has 3 N–H and O–H groups in total. The first-order valence-corrected chi connectivity index (χ1v) is 10.5. The lowest BCUT2D eigenvalue weighted by Gasteiger charge is -2.20. The van der Waals surface area contributed by atoms with Gasteiger partial charge in [0.25, 0.3) is 0 Å². The number of aliphatic hydroxyl groups excluding tert-OH is 2. The molecule has 2 unspecified atom stereocenters. The third-order valence-corrected chi connectivity index (χ3v) is 5.97. The SMILES string of the molecule is Cc1ccc(C(O)C(O)CNC(=O)OCC2c3ccccc3-c3ccccc32)c(Cl)c1. The molecule has 3 aromatic carbocycles. The summed E-state index contributed by atoms with van der Waals surface area (Å²) in [6.07, 6.45) is -3.09. The summed E-state index contributed by atoms with van der Waals surface area (Å²) in [5, 5.41) is 23.5. The quantitative estimate of drug-likeness (QED) is 0.527. The molecule has 0 radical (unpaired) electrons. The summed E-state index contributed by atoms with van der Waals surface area (Å²) in [6, 6.07) is 21.4. The number of amides is 1. The van der Waals surface area contributed by atoms with E-state index in [0.717, 1.165) is 27.8 Å². The van der Waals surface area contributed by atoms with Gasteiger partial charge in [0, 0.05) is 23.0 Å². The van der Waals surface area contributed by atoms with E-state index >= 15 is 0 Å². The average Bonchev–Trinajstić information content (AvgIpc) is 3.09. The lowest BCUT2D eigenvalue weighted by Crippen LogP contribution is -2.36. The van der Waals surface area contributed by atoms with Crippen molar-refractivity contribution in [3.8, 4) is 11.1 Å². The van der Waals surface area contributed by atoms with Crippen molar-refractivity contribution in [3.63, 3.8) is 0 Å². The minimum atomic E-state index is -1.22. The molecule has 4 rings (SSSR count). The molecule has 160 valence electrons. The van der Waals surface area contributed by atoms with Gasteiger partial charge < -0.3 is 20.3 Å². The number of benzene rings is 3. The van der Waals surface area contributed by atoms with Crippen LogP contribution in [0.1, 0.15) is 34.3 Å². The molecule has 0 saturated heterocycles. The van der Waals surface area contributed by atoms with Gasteiger partial charge in [-0.25, -0.2) is 4.79 Å². The van der Waals surface area contributed by atoms with Gasteiger partial charge in [-0.2, -0.15) is 0 Å². The summed E-state index contributed by atoms with van der Waals surface area (Å²) in [7, 11) is 0. The second-order valence-corrected chi connectivity index (χ2v) is 8.15. The van der Waals surface area contributed by atoms with Crippen molar-refractivity contribution in [2.45, 2.75) is 25.0 Å². The van der Waals surface area contributed by atoms with Gasteiger partial charge in [0.1, 0.15) is 18.8 Å². The van der Waals surface area contributed by atoms with E-state index in [1.807, 2.05) is 43.3 Å². The monoisotopic (exact) mass is 437 g/mol. The molecule has 1 aliphatic rings. The number of hydrogen-bond acceptors (Lipinski definition) is 4. The maximum absolute atomic E-state index is 12.2. The van der Waals surface area contributed by atoms with Crippen LogP contribution in [0.25, 0.3) is 11.1 Å². The average molecular weight is 438 g/mol. The summed E-state index contributed by atoms with van der Waals surface area (Å²) in [4.78, 5) is 12.2. The Balaban J connectivity index is 1.35. The molecule has 0 bridgehead atoms. The molecule has 0 saturated carbocycles. The first kappa shape index (κ1) is 21.4. The Morgan fingerprint density at radius 1 is 1.03 bits per heavy atom. The van der Waals surface area contributed by atoms with Crippen LogP contribution in [0, 0.1) is 6.92 Å². The summed E-state index contributed by atoms with van der Waals surface area (Å²) in [5.74, 6) is -0.0416. The maximum Gasteiger partial charge on any atom is 0.407 e. The predicted octanol–water partition coefficient (Wildman–Crippen LogP) is 4.58. The van der Waals surface area contributed by atoms with Crippen molar-refractivity contribution >= 4 is 17.7 Å². The van der Waals surface area contributed by atoms with Crippen molar-refractivity contribution in [3.05, 3.63) is 94.0 Å². The fourth-order valence-electron chi connectivity index (χ4n) is 4.03. The molecular formula is C25H24ClNO4. The number of aryl methyl sites for hydroxylation is 1. The first-order chi connectivity index (χ1) is 15.0. The van der Waals surface area contributed by atoms with Crippen molar-refractivity contribution in [2.24, 2.45) is 0 Å². The maximum atomic E-state index is 12.2. The van der Waals surface area contributed by atoms with Gasteiger partial charge in [-0.1, -0.05) is 72.3 Å². The van der Waals surface area contributed by atoms with Crippen LogP contribution in [0.4, 0.5) is 4.79 Å². The molecule has 0 heterocycles. The van der Waals surface area contributed by atoms with Gasteiger partial charge in [0.15, 0.2) is 0 Å². The Morgan fingerprint density at radius 2 is 1.65 bits per heavy atom. The molecular weight excluding hydrogens is 414 g/mol. The summed E-state index contributed by atoms with van der Waals surface area (Å²) >= 11 is 6.15. The van der Waals surface area contributed by atoms with Gasteiger partial charge in [-0.3, -0.25) is 0 Å². The lowest BCUT2D eigenvalue weighted by molar-refractivity contribution is 0.0186. The molecule has 0 fully saturated rings. The van der Waals surface area contributed by atoms with Gasteiger partial charge in [-0.15, -0.1) is 0 Å². The summed E-state index contributed by atoms with van der Waals surface area (Å²) in [6.45, 7) is 1.90. The Labute approximate surface area is 186 Å². The highest BCUT2D eigenvalue weighted by molar-refractivity contribution is 6.31. The van der Waals surface area contributed by atoms with E-state index in [1.165, 1.54) is 0 Å². The van der Waals surface area contributed by atoms with Crippen molar-refractivity contribution in [2.75, 3.05) is 13.2 Å². The molecule has 3 aromatic rings. The third kappa shape index (κ3) is 4.44. The molecule has 0 spiro atoms. The zero-order valence-electron chi connectivity index (χ0n) is 17.1. The fraction of sp³-hybridized carbons (Fsp3) is 0.240. The Bertz CT molecular complexity index is 1050. The highest BCUT2D eigenvalue weighted by Crippen LogP contribution is 2.44. The van der Waals surface area contributed by atoms with Crippen molar-refractivity contribution < 1.29 is 19.7 Å². The van der Waals surface area contributed by atoms with Crippen LogP contribution in [0.5, 0.6) is 0 Å².